The third kappa shape index (κ3) is 3.82. The van der Waals surface area contributed by atoms with Crippen LogP contribution < -0.4 is 0 Å². The van der Waals surface area contributed by atoms with Gasteiger partial charge in [0.1, 0.15) is 0 Å². The first kappa shape index (κ1) is 10.9. The summed E-state index contributed by atoms with van der Waals surface area (Å²) in [5, 5.41) is 0. The average molecular weight is 211 g/mol. The molecule has 0 atom stereocenters. The van der Waals surface area contributed by atoms with Crippen molar-refractivity contribution >= 4 is 5.97 Å². The van der Waals surface area contributed by atoms with Gasteiger partial charge in [-0.3, -0.25) is 9.69 Å². The van der Waals surface area contributed by atoms with Crippen molar-refractivity contribution in [1.29, 1.82) is 0 Å². The van der Waals surface area contributed by atoms with Crippen molar-refractivity contribution in [2.75, 3.05) is 19.7 Å². The molecular formula is C12H21NO2. The van der Waals surface area contributed by atoms with Crippen molar-refractivity contribution < 1.29 is 9.53 Å². The van der Waals surface area contributed by atoms with Crippen LogP contribution in [-0.4, -0.2) is 36.6 Å². The molecule has 86 valence electrons. The summed E-state index contributed by atoms with van der Waals surface area (Å²) in [6, 6.07) is 0.778. The minimum absolute atomic E-state index is 0.0426. The van der Waals surface area contributed by atoms with Gasteiger partial charge in [-0.2, -0.15) is 0 Å². The Morgan fingerprint density at radius 3 is 2.60 bits per heavy atom. The number of carbonyl (C=O) groups excluding carboxylic acids is 1. The van der Waals surface area contributed by atoms with Crippen molar-refractivity contribution in [3.8, 4) is 0 Å². The Morgan fingerprint density at radius 2 is 2.07 bits per heavy atom. The van der Waals surface area contributed by atoms with E-state index in [9.17, 15) is 4.79 Å². The van der Waals surface area contributed by atoms with Crippen molar-refractivity contribution in [1.82, 2.24) is 4.90 Å². The Hall–Kier alpha value is -0.570. The van der Waals surface area contributed by atoms with E-state index in [1.165, 1.54) is 32.2 Å². The Morgan fingerprint density at radius 1 is 1.33 bits per heavy atom. The highest BCUT2D eigenvalue weighted by atomic mass is 16.5. The number of ether oxygens (including phenoxy) is 1. The maximum Gasteiger partial charge on any atom is 0.307 e. The Balaban J connectivity index is 1.66. The quantitative estimate of drug-likeness (QED) is 0.601. The Kier molecular flexibility index (Phi) is 3.62. The van der Waals surface area contributed by atoms with E-state index in [2.05, 4.69) is 4.90 Å². The highest BCUT2D eigenvalue weighted by molar-refractivity contribution is 5.69. The van der Waals surface area contributed by atoms with Crippen LogP contribution in [0.4, 0.5) is 0 Å². The molecule has 0 aliphatic heterocycles. The van der Waals surface area contributed by atoms with Gasteiger partial charge in [0.25, 0.3) is 0 Å². The fraction of sp³-hybridized carbons (Fsp3) is 0.917. The second-order valence-electron chi connectivity index (χ2n) is 4.72. The van der Waals surface area contributed by atoms with Gasteiger partial charge in [0, 0.05) is 19.1 Å². The zero-order valence-electron chi connectivity index (χ0n) is 9.58. The molecule has 2 rings (SSSR count). The fourth-order valence-corrected chi connectivity index (χ4v) is 1.96. The van der Waals surface area contributed by atoms with E-state index in [1.54, 1.807) is 0 Å². The molecule has 0 heterocycles. The van der Waals surface area contributed by atoms with Crippen molar-refractivity contribution in [3.05, 3.63) is 0 Å². The molecule has 0 aromatic rings. The van der Waals surface area contributed by atoms with E-state index >= 15 is 0 Å². The summed E-state index contributed by atoms with van der Waals surface area (Å²) in [6.45, 7) is 4.48. The van der Waals surface area contributed by atoms with Crippen LogP contribution >= 0.6 is 0 Å². The number of carbonyl (C=O) groups is 1. The highest BCUT2D eigenvalue weighted by Crippen LogP contribution is 2.34. The van der Waals surface area contributed by atoms with E-state index < -0.39 is 0 Å². The maximum absolute atomic E-state index is 11.2. The molecule has 0 bridgehead atoms. The number of hydrogen-bond acceptors (Lipinski definition) is 3. The van der Waals surface area contributed by atoms with E-state index in [1.807, 2.05) is 6.92 Å². The zero-order chi connectivity index (χ0) is 10.7. The third-order valence-electron chi connectivity index (χ3n) is 3.16. The van der Waals surface area contributed by atoms with E-state index in [0.717, 1.165) is 18.5 Å². The lowest BCUT2D eigenvalue weighted by atomic mass is 10.3. The Labute approximate surface area is 91.8 Å². The topological polar surface area (TPSA) is 29.5 Å². The van der Waals surface area contributed by atoms with E-state index in [0.29, 0.717) is 13.0 Å². The van der Waals surface area contributed by atoms with Crippen LogP contribution in [0.15, 0.2) is 0 Å². The van der Waals surface area contributed by atoms with Gasteiger partial charge < -0.3 is 4.74 Å². The summed E-state index contributed by atoms with van der Waals surface area (Å²) in [7, 11) is 0. The van der Waals surface area contributed by atoms with Crippen LogP contribution in [0.5, 0.6) is 0 Å². The SMILES string of the molecule is CCOC(=O)CCN(CC1CC1)C1CC1. The summed E-state index contributed by atoms with van der Waals surface area (Å²) < 4.78 is 4.95. The Bertz CT molecular complexity index is 222. The van der Waals surface area contributed by atoms with Crippen LogP contribution in [-0.2, 0) is 9.53 Å². The molecule has 0 radical (unpaired) electrons. The minimum atomic E-state index is -0.0426. The minimum Gasteiger partial charge on any atom is -0.466 e. The molecular weight excluding hydrogens is 190 g/mol. The van der Waals surface area contributed by atoms with E-state index in [-0.39, 0.29) is 5.97 Å². The van der Waals surface area contributed by atoms with Crippen LogP contribution in [0.1, 0.15) is 39.0 Å². The second-order valence-corrected chi connectivity index (χ2v) is 4.72. The first-order chi connectivity index (χ1) is 7.29. The molecule has 3 heteroatoms. The summed E-state index contributed by atoms with van der Waals surface area (Å²) in [4.78, 5) is 13.7. The van der Waals surface area contributed by atoms with Crippen LogP contribution in [0, 0.1) is 5.92 Å². The predicted molar refractivity (Wildman–Crippen MR) is 58.6 cm³/mol. The van der Waals surface area contributed by atoms with Gasteiger partial charge in [-0.25, -0.2) is 0 Å². The van der Waals surface area contributed by atoms with Crippen molar-refractivity contribution in [3.63, 3.8) is 0 Å². The summed E-state index contributed by atoms with van der Waals surface area (Å²) >= 11 is 0. The first-order valence-electron chi connectivity index (χ1n) is 6.19. The van der Waals surface area contributed by atoms with Gasteiger partial charge in [-0.15, -0.1) is 0 Å². The zero-order valence-corrected chi connectivity index (χ0v) is 9.58. The van der Waals surface area contributed by atoms with Crippen LogP contribution in [0.3, 0.4) is 0 Å². The number of nitrogens with zero attached hydrogens (tertiary/aromatic N) is 1. The summed E-state index contributed by atoms with van der Waals surface area (Å²) in [6.07, 6.45) is 6.01. The van der Waals surface area contributed by atoms with Crippen molar-refractivity contribution in [2.24, 2.45) is 5.92 Å². The monoisotopic (exact) mass is 211 g/mol. The van der Waals surface area contributed by atoms with Gasteiger partial charge in [0.2, 0.25) is 0 Å². The molecule has 0 N–H and O–H groups in total. The van der Waals surface area contributed by atoms with Crippen LogP contribution in [0.2, 0.25) is 0 Å². The molecule has 2 aliphatic rings. The van der Waals surface area contributed by atoms with Gasteiger partial charge in [0.05, 0.1) is 13.0 Å². The van der Waals surface area contributed by atoms with Crippen LogP contribution in [0.25, 0.3) is 0 Å². The smallest absolute Gasteiger partial charge is 0.307 e. The molecule has 0 spiro atoms. The molecule has 2 fully saturated rings. The highest BCUT2D eigenvalue weighted by Gasteiger charge is 2.33. The fourth-order valence-electron chi connectivity index (χ4n) is 1.96. The molecule has 2 saturated carbocycles. The van der Waals surface area contributed by atoms with Gasteiger partial charge >= 0.3 is 5.97 Å². The molecule has 0 saturated heterocycles. The second kappa shape index (κ2) is 4.97. The molecule has 0 aromatic heterocycles. The molecule has 2 aliphatic carbocycles. The van der Waals surface area contributed by atoms with Gasteiger partial charge in [0.15, 0.2) is 0 Å². The summed E-state index contributed by atoms with van der Waals surface area (Å²) in [5.74, 6) is 0.881. The molecule has 0 amide bonds. The van der Waals surface area contributed by atoms with E-state index in [4.69, 9.17) is 4.74 Å². The number of esters is 1. The first-order valence-corrected chi connectivity index (χ1v) is 6.19. The normalized spacial score (nSPS) is 20.7. The van der Waals surface area contributed by atoms with Gasteiger partial charge in [-0.05, 0) is 38.5 Å². The van der Waals surface area contributed by atoms with Crippen molar-refractivity contribution in [2.45, 2.75) is 45.1 Å². The lowest BCUT2D eigenvalue weighted by Crippen LogP contribution is -2.31. The maximum atomic E-state index is 11.2. The largest absolute Gasteiger partial charge is 0.466 e. The summed E-state index contributed by atoms with van der Waals surface area (Å²) in [5.41, 5.74) is 0. The average Bonchev–Trinajstić information content (AvgIpc) is 3.02. The number of rotatable bonds is 7. The third-order valence-corrected chi connectivity index (χ3v) is 3.16. The molecule has 0 unspecified atom stereocenters. The molecule has 3 nitrogen and oxygen atoms in total. The standard InChI is InChI=1S/C12H21NO2/c1-2-15-12(14)7-8-13(11-5-6-11)9-10-3-4-10/h10-11H,2-9H2,1H3. The molecule has 0 aromatic carbocycles. The lowest BCUT2D eigenvalue weighted by Gasteiger charge is -2.21. The predicted octanol–water partition coefficient (Wildman–Crippen LogP) is 1.81. The lowest BCUT2D eigenvalue weighted by molar-refractivity contribution is -0.143. The van der Waals surface area contributed by atoms with Gasteiger partial charge in [-0.1, -0.05) is 0 Å². The molecule has 15 heavy (non-hydrogen) atoms. The number of hydrogen-bond donors (Lipinski definition) is 0.